The highest BCUT2D eigenvalue weighted by Crippen LogP contribution is 2.24. The van der Waals surface area contributed by atoms with Gasteiger partial charge in [0.1, 0.15) is 12.1 Å². The molecule has 0 radical (unpaired) electrons. The minimum absolute atomic E-state index is 0.0167. The molecule has 0 aliphatic carbocycles. The molecule has 1 aliphatic rings. The van der Waals surface area contributed by atoms with Crippen LogP contribution in [0.3, 0.4) is 0 Å². The molecular formula is C20H22FN3O2. The number of likely N-dealkylation sites (tertiary alicyclic amines) is 1. The normalized spacial score (nSPS) is 15.3. The molecule has 2 aromatic rings. The lowest BCUT2D eigenvalue weighted by atomic mass is 9.88. The fraction of sp³-hybridized carbons (Fsp3) is 0.400. The Balaban J connectivity index is 1.66. The highest BCUT2D eigenvalue weighted by atomic mass is 19.1. The number of carbonyl (C=O) groups is 2. The summed E-state index contributed by atoms with van der Waals surface area (Å²) in [7, 11) is 0. The van der Waals surface area contributed by atoms with E-state index in [1.807, 2.05) is 13.8 Å². The molecule has 1 aliphatic heterocycles. The second-order valence-electron chi connectivity index (χ2n) is 6.91. The van der Waals surface area contributed by atoms with E-state index in [1.54, 1.807) is 11.1 Å². The average Bonchev–Trinajstić information content (AvgIpc) is 2.67. The molecule has 0 atom stereocenters. The summed E-state index contributed by atoms with van der Waals surface area (Å²) in [5, 5.41) is 0. The summed E-state index contributed by atoms with van der Waals surface area (Å²) in [5.41, 5.74) is 1.80. The lowest BCUT2D eigenvalue weighted by Crippen LogP contribution is -2.40. The Morgan fingerprint density at radius 3 is 2.42 bits per heavy atom. The van der Waals surface area contributed by atoms with Crippen LogP contribution in [0.2, 0.25) is 0 Å². The van der Waals surface area contributed by atoms with E-state index < -0.39 is 0 Å². The van der Waals surface area contributed by atoms with Crippen molar-refractivity contribution in [2.45, 2.75) is 32.6 Å². The van der Waals surface area contributed by atoms with Crippen molar-refractivity contribution in [2.75, 3.05) is 13.1 Å². The third-order valence-corrected chi connectivity index (χ3v) is 4.80. The third kappa shape index (κ3) is 3.79. The van der Waals surface area contributed by atoms with E-state index in [-0.39, 0.29) is 29.3 Å². The molecule has 136 valence electrons. The summed E-state index contributed by atoms with van der Waals surface area (Å²) in [4.78, 5) is 35.4. The van der Waals surface area contributed by atoms with E-state index in [1.165, 1.54) is 30.6 Å². The molecule has 2 heterocycles. The molecule has 0 N–H and O–H groups in total. The molecule has 1 amide bonds. The average molecular weight is 355 g/mol. The van der Waals surface area contributed by atoms with Crippen LogP contribution in [-0.2, 0) is 0 Å². The largest absolute Gasteiger partial charge is 0.338 e. The monoisotopic (exact) mass is 355 g/mol. The van der Waals surface area contributed by atoms with E-state index >= 15 is 0 Å². The van der Waals surface area contributed by atoms with Gasteiger partial charge in [-0.2, -0.15) is 0 Å². The van der Waals surface area contributed by atoms with Crippen molar-refractivity contribution in [1.29, 1.82) is 0 Å². The van der Waals surface area contributed by atoms with Crippen LogP contribution in [-0.4, -0.2) is 39.6 Å². The second-order valence-corrected chi connectivity index (χ2v) is 6.91. The zero-order valence-corrected chi connectivity index (χ0v) is 15.0. The van der Waals surface area contributed by atoms with Gasteiger partial charge in [-0.15, -0.1) is 0 Å². The zero-order chi connectivity index (χ0) is 18.7. The SMILES string of the molecule is CC(C)c1ncncc1C(=O)N1CCC(C(=O)c2ccc(F)cc2)CC1. The van der Waals surface area contributed by atoms with Gasteiger partial charge in [0.2, 0.25) is 0 Å². The molecular weight excluding hydrogens is 333 g/mol. The van der Waals surface area contributed by atoms with Crippen LogP contribution >= 0.6 is 0 Å². The molecule has 5 nitrogen and oxygen atoms in total. The smallest absolute Gasteiger partial charge is 0.257 e. The molecule has 0 saturated carbocycles. The highest BCUT2D eigenvalue weighted by molar-refractivity contribution is 5.98. The topological polar surface area (TPSA) is 63.2 Å². The molecule has 6 heteroatoms. The Hall–Kier alpha value is -2.63. The maximum atomic E-state index is 13.0. The van der Waals surface area contributed by atoms with Gasteiger partial charge < -0.3 is 4.90 Å². The van der Waals surface area contributed by atoms with Crippen LogP contribution in [0.15, 0.2) is 36.8 Å². The van der Waals surface area contributed by atoms with Gasteiger partial charge in [-0.25, -0.2) is 14.4 Å². The molecule has 3 rings (SSSR count). The van der Waals surface area contributed by atoms with Crippen LogP contribution < -0.4 is 0 Å². The van der Waals surface area contributed by atoms with Crippen LogP contribution in [0.1, 0.15) is 59.0 Å². The Labute approximate surface area is 152 Å². The summed E-state index contributed by atoms with van der Waals surface area (Å²) < 4.78 is 13.0. The standard InChI is InChI=1S/C20H22FN3O2/c1-13(2)18-17(11-22-12-23-18)20(26)24-9-7-15(8-10-24)19(25)14-3-5-16(21)6-4-14/h3-6,11-13,15H,7-10H2,1-2H3. The van der Waals surface area contributed by atoms with Crippen LogP contribution in [0.25, 0.3) is 0 Å². The Morgan fingerprint density at radius 2 is 1.81 bits per heavy atom. The van der Waals surface area contributed by atoms with Gasteiger partial charge in [0.05, 0.1) is 11.3 Å². The molecule has 0 unspecified atom stereocenters. The van der Waals surface area contributed by atoms with Gasteiger partial charge in [-0.1, -0.05) is 13.8 Å². The van der Waals surface area contributed by atoms with E-state index in [9.17, 15) is 14.0 Å². The van der Waals surface area contributed by atoms with Crippen molar-refractivity contribution in [3.05, 3.63) is 59.4 Å². The number of ketones is 1. The van der Waals surface area contributed by atoms with E-state index in [4.69, 9.17) is 0 Å². The number of halogens is 1. The number of piperidine rings is 1. The number of carbonyl (C=O) groups excluding carboxylic acids is 2. The van der Waals surface area contributed by atoms with Gasteiger partial charge in [0.25, 0.3) is 5.91 Å². The predicted molar refractivity (Wildman–Crippen MR) is 95.5 cm³/mol. The maximum absolute atomic E-state index is 13.0. The van der Waals surface area contributed by atoms with Crippen molar-refractivity contribution >= 4 is 11.7 Å². The van der Waals surface area contributed by atoms with Gasteiger partial charge in [0, 0.05) is 30.8 Å². The molecule has 1 aromatic heterocycles. The van der Waals surface area contributed by atoms with E-state index in [0.29, 0.717) is 37.1 Å². The van der Waals surface area contributed by atoms with Gasteiger partial charge in [-0.05, 0) is 43.0 Å². The molecule has 1 saturated heterocycles. The predicted octanol–water partition coefficient (Wildman–Crippen LogP) is 3.47. The number of nitrogens with zero attached hydrogens (tertiary/aromatic N) is 3. The van der Waals surface area contributed by atoms with Crippen molar-refractivity contribution < 1.29 is 14.0 Å². The summed E-state index contributed by atoms with van der Waals surface area (Å²) in [6.07, 6.45) is 4.24. The minimum Gasteiger partial charge on any atom is -0.338 e. The number of aromatic nitrogens is 2. The maximum Gasteiger partial charge on any atom is 0.257 e. The number of hydrogen-bond donors (Lipinski definition) is 0. The first-order valence-electron chi connectivity index (χ1n) is 8.86. The Kier molecular flexibility index (Phi) is 5.40. The number of hydrogen-bond acceptors (Lipinski definition) is 4. The van der Waals surface area contributed by atoms with E-state index in [2.05, 4.69) is 9.97 Å². The van der Waals surface area contributed by atoms with Crippen molar-refractivity contribution in [1.82, 2.24) is 14.9 Å². The van der Waals surface area contributed by atoms with Gasteiger partial charge in [0.15, 0.2) is 5.78 Å². The zero-order valence-electron chi connectivity index (χ0n) is 15.0. The first kappa shape index (κ1) is 18.2. The molecule has 1 fully saturated rings. The minimum atomic E-state index is -0.354. The van der Waals surface area contributed by atoms with Crippen molar-refractivity contribution in [2.24, 2.45) is 5.92 Å². The lowest BCUT2D eigenvalue weighted by molar-refractivity contribution is 0.0648. The first-order chi connectivity index (χ1) is 12.5. The van der Waals surface area contributed by atoms with Crippen molar-refractivity contribution in [3.63, 3.8) is 0 Å². The molecule has 26 heavy (non-hydrogen) atoms. The summed E-state index contributed by atoms with van der Waals surface area (Å²) >= 11 is 0. The highest BCUT2D eigenvalue weighted by Gasteiger charge is 2.29. The molecule has 0 spiro atoms. The summed E-state index contributed by atoms with van der Waals surface area (Å²) in [6.45, 7) is 5.02. The van der Waals surface area contributed by atoms with Crippen LogP contribution in [0, 0.1) is 11.7 Å². The molecule has 0 bridgehead atoms. The number of Topliss-reactive ketones (excluding diaryl/α,β-unsaturated/α-hetero) is 1. The first-order valence-corrected chi connectivity index (χ1v) is 8.86. The second kappa shape index (κ2) is 7.72. The number of benzene rings is 1. The van der Waals surface area contributed by atoms with E-state index in [0.717, 1.165) is 5.69 Å². The summed E-state index contributed by atoms with van der Waals surface area (Å²) in [5.74, 6) is -0.423. The van der Waals surface area contributed by atoms with Gasteiger partial charge >= 0.3 is 0 Å². The quantitative estimate of drug-likeness (QED) is 0.788. The Morgan fingerprint density at radius 1 is 1.15 bits per heavy atom. The lowest BCUT2D eigenvalue weighted by Gasteiger charge is -2.31. The Bertz CT molecular complexity index is 797. The fourth-order valence-corrected chi connectivity index (χ4v) is 3.33. The van der Waals surface area contributed by atoms with Gasteiger partial charge in [-0.3, -0.25) is 9.59 Å². The van der Waals surface area contributed by atoms with Crippen LogP contribution in [0.5, 0.6) is 0 Å². The summed E-state index contributed by atoms with van der Waals surface area (Å²) in [6, 6.07) is 5.64. The molecule has 1 aromatic carbocycles. The van der Waals surface area contributed by atoms with Crippen molar-refractivity contribution in [3.8, 4) is 0 Å². The van der Waals surface area contributed by atoms with Crippen LogP contribution in [0.4, 0.5) is 4.39 Å². The third-order valence-electron chi connectivity index (χ3n) is 4.80. The number of rotatable bonds is 4. The number of amides is 1. The fourth-order valence-electron chi connectivity index (χ4n) is 3.33.